The van der Waals surface area contributed by atoms with Crippen LogP contribution >= 0.6 is 11.6 Å². The van der Waals surface area contributed by atoms with Crippen LogP contribution < -0.4 is 24.9 Å². The number of nitrogens with one attached hydrogen (secondary N) is 1. The van der Waals surface area contributed by atoms with Crippen molar-refractivity contribution in [3.05, 3.63) is 37.6 Å². The van der Waals surface area contributed by atoms with Gasteiger partial charge in [-0.3, -0.25) is 0 Å². The summed E-state index contributed by atoms with van der Waals surface area (Å²) in [6.07, 6.45) is 0. The number of quaternary nitrogens is 1. The Hall–Kier alpha value is 0.120. The van der Waals surface area contributed by atoms with Gasteiger partial charge in [-0.1, -0.05) is 0 Å². The molecule has 3 nitrogen and oxygen atoms in total. The quantitative estimate of drug-likeness (QED) is 0.394. The van der Waals surface area contributed by atoms with Gasteiger partial charge in [0.15, 0.2) is 0 Å². The summed E-state index contributed by atoms with van der Waals surface area (Å²) in [6, 6.07) is 5.52. The molecule has 0 saturated heterocycles. The number of hydrogen-bond acceptors (Lipinski definition) is 2. The van der Waals surface area contributed by atoms with Crippen LogP contribution in [-0.4, -0.2) is 5.21 Å². The Labute approximate surface area is 105 Å². The molecule has 0 aliphatic carbocycles. The van der Waals surface area contributed by atoms with Crippen LogP contribution in [0.4, 0.5) is 0 Å². The molecule has 86 valence electrons. The summed E-state index contributed by atoms with van der Waals surface area (Å²) in [6.45, 7) is 6.20. The number of halogens is 2. The Balaban J connectivity index is 3.06. The van der Waals surface area contributed by atoms with Crippen molar-refractivity contribution in [2.24, 2.45) is 0 Å². The third-order valence-electron chi connectivity index (χ3n) is 1.93. The van der Waals surface area contributed by atoms with Crippen molar-refractivity contribution < 1.29 is 30.1 Å². The maximum atomic E-state index is 10.6. The third kappa shape index (κ3) is 3.88. The zero-order valence-corrected chi connectivity index (χ0v) is 11.8. The van der Waals surface area contributed by atoms with Gasteiger partial charge in [-0.15, -0.1) is 0 Å². The first-order chi connectivity index (χ1) is 6.80. The van der Waals surface area contributed by atoms with Gasteiger partial charge in [0.05, 0.1) is 0 Å². The molecule has 0 amide bonds. The molecule has 0 heterocycles. The Morgan fingerprint density at radius 3 is 2.47 bits per heavy atom. The molecule has 15 heavy (non-hydrogen) atoms. The van der Waals surface area contributed by atoms with Crippen LogP contribution in [-0.2, 0) is 5.41 Å². The molecule has 0 aromatic heterocycles. The van der Waals surface area contributed by atoms with Crippen LogP contribution in [0.15, 0.2) is 18.2 Å². The molecule has 0 bridgehead atoms. The molecule has 0 aliphatic rings. The monoisotopic (exact) mass is 342 g/mol. The molecule has 0 spiro atoms. The van der Waals surface area contributed by atoms with Gasteiger partial charge in [0.1, 0.15) is 0 Å². The SMILES string of the molecule is CC(C)(C)c1cc([I-][NH+]([O-])O)ccc1Cl. The second kappa shape index (κ2) is 4.97. The Bertz CT molecular complexity index is 350. The van der Waals surface area contributed by atoms with Crippen molar-refractivity contribution >= 4 is 11.6 Å². The number of hydrogen-bond donors (Lipinski definition) is 2. The minimum atomic E-state index is -0.953. The van der Waals surface area contributed by atoms with Crippen LogP contribution in [0.5, 0.6) is 0 Å². The Kier molecular flexibility index (Phi) is 4.37. The van der Waals surface area contributed by atoms with E-state index < -0.39 is 24.9 Å². The predicted molar refractivity (Wildman–Crippen MR) is 55.0 cm³/mol. The zero-order chi connectivity index (χ0) is 11.6. The van der Waals surface area contributed by atoms with Gasteiger partial charge in [0.25, 0.3) is 0 Å². The van der Waals surface area contributed by atoms with Crippen LogP contribution in [0.25, 0.3) is 0 Å². The average molecular weight is 343 g/mol. The molecule has 0 aliphatic heterocycles. The summed E-state index contributed by atoms with van der Waals surface area (Å²) in [7, 11) is 0. The van der Waals surface area contributed by atoms with E-state index in [0.717, 1.165) is 9.13 Å². The summed E-state index contributed by atoms with van der Waals surface area (Å²) < 4.78 is 0.187. The van der Waals surface area contributed by atoms with Gasteiger partial charge in [-0.05, 0) is 0 Å². The van der Waals surface area contributed by atoms with Crippen molar-refractivity contribution in [2.45, 2.75) is 26.2 Å². The van der Waals surface area contributed by atoms with Gasteiger partial charge in [0.2, 0.25) is 0 Å². The van der Waals surface area contributed by atoms with E-state index in [2.05, 4.69) is 20.8 Å². The maximum absolute atomic E-state index is 10.6. The summed E-state index contributed by atoms with van der Waals surface area (Å²) in [5, 5.41) is 20.1. The fourth-order valence-electron chi connectivity index (χ4n) is 1.22. The molecule has 1 aromatic carbocycles. The molecule has 5 heteroatoms. The molecule has 0 radical (unpaired) electrons. The van der Waals surface area contributed by atoms with Crippen molar-refractivity contribution in [3.8, 4) is 0 Å². The summed E-state index contributed by atoms with van der Waals surface area (Å²) in [5.74, 6) is 0. The van der Waals surface area contributed by atoms with Crippen molar-refractivity contribution in [3.63, 3.8) is 0 Å². The van der Waals surface area contributed by atoms with Gasteiger partial charge < -0.3 is 0 Å². The molecule has 1 atom stereocenters. The van der Waals surface area contributed by atoms with Gasteiger partial charge in [0, 0.05) is 0 Å². The first-order valence-electron chi connectivity index (χ1n) is 4.48. The molecule has 1 rings (SSSR count). The van der Waals surface area contributed by atoms with Crippen LogP contribution in [0.3, 0.4) is 0 Å². The fraction of sp³-hybridized carbons (Fsp3) is 0.400. The van der Waals surface area contributed by atoms with Crippen LogP contribution in [0.2, 0.25) is 5.02 Å². The zero-order valence-electron chi connectivity index (χ0n) is 8.84. The van der Waals surface area contributed by atoms with Gasteiger partial charge in [-0.2, -0.15) is 0 Å². The van der Waals surface area contributed by atoms with Gasteiger partial charge in [-0.25, -0.2) is 0 Å². The molecular formula is C10H14ClINO2-. The second-order valence-corrected chi connectivity index (χ2v) is 7.34. The molecule has 1 unspecified atom stereocenters. The third-order valence-corrected chi connectivity index (χ3v) is 4.01. The Morgan fingerprint density at radius 1 is 1.40 bits per heavy atom. The minimum absolute atomic E-state index is 0.0463. The number of rotatable bonds is 2. The molecular weight excluding hydrogens is 328 g/mol. The topological polar surface area (TPSA) is 47.7 Å². The molecule has 0 fully saturated rings. The predicted octanol–water partition coefficient (Wildman–Crippen LogP) is -1.42. The molecule has 0 saturated carbocycles. The number of benzene rings is 1. The van der Waals surface area contributed by atoms with E-state index >= 15 is 0 Å². The van der Waals surface area contributed by atoms with Crippen molar-refractivity contribution in [1.29, 1.82) is 0 Å². The van der Waals surface area contributed by atoms with E-state index in [-0.39, 0.29) is 5.41 Å². The summed E-state index contributed by atoms with van der Waals surface area (Å²) >= 11 is 5.13. The van der Waals surface area contributed by atoms with Gasteiger partial charge >= 0.3 is 105 Å². The van der Waals surface area contributed by atoms with Crippen molar-refractivity contribution in [1.82, 2.24) is 0 Å². The van der Waals surface area contributed by atoms with E-state index in [9.17, 15) is 5.21 Å². The van der Waals surface area contributed by atoms with Crippen molar-refractivity contribution in [2.75, 3.05) is 0 Å². The van der Waals surface area contributed by atoms with E-state index in [1.54, 1.807) is 12.1 Å². The van der Waals surface area contributed by atoms with E-state index in [0.29, 0.717) is 5.02 Å². The van der Waals surface area contributed by atoms with E-state index in [1.807, 2.05) is 6.07 Å². The second-order valence-electron chi connectivity index (χ2n) is 4.22. The van der Waals surface area contributed by atoms with Crippen LogP contribution in [0, 0.1) is 8.78 Å². The average Bonchev–Trinajstić information content (AvgIpc) is 2.05. The normalized spacial score (nSPS) is 14.3. The summed E-state index contributed by atoms with van der Waals surface area (Å²) in [4.78, 5) is 0. The fourth-order valence-corrected chi connectivity index (χ4v) is 2.98. The molecule has 1 aromatic rings. The standard InChI is InChI=1S/C10H14ClINO2/c1-10(2,3)8-6-7(12-13(14)15)4-5-9(8)11/h4-6,13-14H,1-3H3/q-1. The first kappa shape index (κ1) is 13.2. The first-order valence-corrected chi connectivity index (χ1v) is 7.02. The molecule has 2 N–H and O–H groups in total. The van der Waals surface area contributed by atoms with E-state index in [4.69, 9.17) is 16.8 Å². The van der Waals surface area contributed by atoms with E-state index in [1.165, 1.54) is 0 Å². The van der Waals surface area contributed by atoms with Crippen LogP contribution in [0.1, 0.15) is 26.3 Å². The Morgan fingerprint density at radius 2 is 2.00 bits per heavy atom. The summed E-state index contributed by atoms with van der Waals surface area (Å²) in [5.41, 5.74) is 0.970.